The van der Waals surface area contributed by atoms with E-state index in [2.05, 4.69) is 88.8 Å². The maximum absolute atomic E-state index is 3.53. The van der Waals surface area contributed by atoms with Gasteiger partial charge in [-0.1, -0.05) is 64.0 Å². The molecule has 0 spiro atoms. The van der Waals surface area contributed by atoms with Crippen molar-refractivity contribution >= 4 is 26.7 Å². The van der Waals surface area contributed by atoms with Crippen molar-refractivity contribution in [3.8, 4) is 0 Å². The summed E-state index contributed by atoms with van der Waals surface area (Å²) >= 11 is 3.53. The molecule has 0 saturated heterocycles. The third kappa shape index (κ3) is 3.02. The zero-order valence-corrected chi connectivity index (χ0v) is 13.8. The molecule has 1 unspecified atom stereocenters. The van der Waals surface area contributed by atoms with E-state index < -0.39 is 0 Å². The van der Waals surface area contributed by atoms with Crippen LogP contribution in [0.3, 0.4) is 0 Å². The molecule has 0 aromatic heterocycles. The fourth-order valence-corrected chi connectivity index (χ4v) is 3.17. The van der Waals surface area contributed by atoms with E-state index in [0.717, 1.165) is 4.47 Å². The van der Waals surface area contributed by atoms with Crippen molar-refractivity contribution in [1.29, 1.82) is 0 Å². The summed E-state index contributed by atoms with van der Waals surface area (Å²) in [6.45, 7) is 2.13. The standard InChI is InChI=1S/C19H18BrN/c1-13-4-3-5-16(10-13)19(21-2)17-7-6-15-12-18(20)9-8-14(15)11-17/h3-12,19,21H,1-2H3. The molecule has 21 heavy (non-hydrogen) atoms. The lowest BCUT2D eigenvalue weighted by Gasteiger charge is -2.18. The van der Waals surface area contributed by atoms with Gasteiger partial charge in [-0.25, -0.2) is 0 Å². The summed E-state index contributed by atoms with van der Waals surface area (Å²) < 4.78 is 1.12. The summed E-state index contributed by atoms with van der Waals surface area (Å²) in [7, 11) is 2.01. The van der Waals surface area contributed by atoms with Gasteiger partial charge in [-0.2, -0.15) is 0 Å². The van der Waals surface area contributed by atoms with E-state index in [1.807, 2.05) is 7.05 Å². The van der Waals surface area contributed by atoms with Crippen LogP contribution in [0, 0.1) is 6.92 Å². The summed E-state index contributed by atoms with van der Waals surface area (Å²) in [5, 5.41) is 5.95. The maximum atomic E-state index is 3.53. The number of nitrogens with one attached hydrogen (secondary N) is 1. The summed E-state index contributed by atoms with van der Waals surface area (Å²) in [6, 6.07) is 22.0. The van der Waals surface area contributed by atoms with Crippen LogP contribution in [0.15, 0.2) is 65.1 Å². The predicted molar refractivity (Wildman–Crippen MR) is 93.7 cm³/mol. The molecule has 0 aliphatic heterocycles. The normalized spacial score (nSPS) is 12.5. The highest BCUT2D eigenvalue weighted by Crippen LogP contribution is 2.27. The van der Waals surface area contributed by atoms with Gasteiger partial charge < -0.3 is 5.32 Å². The Morgan fingerprint density at radius 2 is 1.57 bits per heavy atom. The molecule has 1 atom stereocenters. The van der Waals surface area contributed by atoms with Gasteiger partial charge in [0.05, 0.1) is 6.04 Å². The van der Waals surface area contributed by atoms with Gasteiger partial charge in [0.1, 0.15) is 0 Å². The van der Waals surface area contributed by atoms with Gasteiger partial charge in [0.15, 0.2) is 0 Å². The number of rotatable bonds is 3. The van der Waals surface area contributed by atoms with E-state index in [1.54, 1.807) is 0 Å². The summed E-state index contributed by atoms with van der Waals surface area (Å²) in [5.41, 5.74) is 3.88. The number of fused-ring (bicyclic) bond motifs is 1. The van der Waals surface area contributed by atoms with Crippen LogP contribution in [-0.4, -0.2) is 7.05 Å². The van der Waals surface area contributed by atoms with Crippen LogP contribution in [0.4, 0.5) is 0 Å². The van der Waals surface area contributed by atoms with Crippen molar-refractivity contribution in [1.82, 2.24) is 5.32 Å². The first-order valence-electron chi connectivity index (χ1n) is 7.10. The second-order valence-corrected chi connectivity index (χ2v) is 6.30. The topological polar surface area (TPSA) is 12.0 Å². The van der Waals surface area contributed by atoms with Gasteiger partial charge >= 0.3 is 0 Å². The molecular formula is C19H18BrN. The van der Waals surface area contributed by atoms with Crippen molar-refractivity contribution in [3.63, 3.8) is 0 Å². The van der Waals surface area contributed by atoms with Crippen LogP contribution in [0.5, 0.6) is 0 Å². The molecule has 0 bridgehead atoms. The Morgan fingerprint density at radius 1 is 0.857 bits per heavy atom. The number of aryl methyl sites for hydroxylation is 1. The molecule has 3 aromatic rings. The van der Waals surface area contributed by atoms with Crippen LogP contribution in [-0.2, 0) is 0 Å². The van der Waals surface area contributed by atoms with Gasteiger partial charge in [-0.3, -0.25) is 0 Å². The zero-order valence-electron chi connectivity index (χ0n) is 12.2. The lowest BCUT2D eigenvalue weighted by atomic mass is 9.95. The smallest absolute Gasteiger partial charge is 0.0574 e. The summed E-state index contributed by atoms with van der Waals surface area (Å²) in [6.07, 6.45) is 0. The quantitative estimate of drug-likeness (QED) is 0.689. The Balaban J connectivity index is 2.06. The van der Waals surface area contributed by atoms with Gasteiger partial charge in [0.2, 0.25) is 0 Å². The fraction of sp³-hybridized carbons (Fsp3) is 0.158. The van der Waals surface area contributed by atoms with Gasteiger partial charge in [0.25, 0.3) is 0 Å². The first-order chi connectivity index (χ1) is 10.2. The lowest BCUT2D eigenvalue weighted by Crippen LogP contribution is -2.17. The number of benzene rings is 3. The van der Waals surface area contributed by atoms with Crippen molar-refractivity contribution in [3.05, 3.63) is 81.8 Å². The highest BCUT2D eigenvalue weighted by Gasteiger charge is 2.12. The van der Waals surface area contributed by atoms with Crippen molar-refractivity contribution < 1.29 is 0 Å². The van der Waals surface area contributed by atoms with Crippen LogP contribution in [0.2, 0.25) is 0 Å². The monoisotopic (exact) mass is 339 g/mol. The Hall–Kier alpha value is -1.64. The average Bonchev–Trinajstić information content (AvgIpc) is 2.48. The number of hydrogen-bond acceptors (Lipinski definition) is 1. The second kappa shape index (κ2) is 6.00. The van der Waals surface area contributed by atoms with Gasteiger partial charge in [-0.15, -0.1) is 0 Å². The molecule has 0 aliphatic carbocycles. The van der Waals surface area contributed by atoms with E-state index >= 15 is 0 Å². The zero-order chi connectivity index (χ0) is 14.8. The van der Waals surface area contributed by atoms with Crippen molar-refractivity contribution in [2.45, 2.75) is 13.0 Å². The Kier molecular flexibility index (Phi) is 4.09. The first kappa shape index (κ1) is 14.3. The average molecular weight is 340 g/mol. The molecule has 0 saturated carbocycles. The molecule has 1 nitrogen and oxygen atoms in total. The molecule has 0 amide bonds. The molecule has 3 aromatic carbocycles. The fourth-order valence-electron chi connectivity index (χ4n) is 2.79. The molecule has 1 N–H and O–H groups in total. The second-order valence-electron chi connectivity index (χ2n) is 5.39. The van der Waals surface area contributed by atoms with E-state index in [4.69, 9.17) is 0 Å². The molecule has 0 fully saturated rings. The number of halogens is 1. The summed E-state index contributed by atoms with van der Waals surface area (Å²) in [5.74, 6) is 0. The highest BCUT2D eigenvalue weighted by atomic mass is 79.9. The SMILES string of the molecule is CNC(c1cccc(C)c1)c1ccc2cc(Br)ccc2c1. The van der Waals surface area contributed by atoms with Crippen LogP contribution >= 0.6 is 15.9 Å². The van der Waals surface area contributed by atoms with Crippen LogP contribution in [0.25, 0.3) is 10.8 Å². The van der Waals surface area contributed by atoms with E-state index in [0.29, 0.717) is 0 Å². The highest BCUT2D eigenvalue weighted by molar-refractivity contribution is 9.10. The molecule has 0 heterocycles. The van der Waals surface area contributed by atoms with Crippen molar-refractivity contribution in [2.75, 3.05) is 7.05 Å². The van der Waals surface area contributed by atoms with Gasteiger partial charge in [0, 0.05) is 4.47 Å². The largest absolute Gasteiger partial charge is 0.309 e. The van der Waals surface area contributed by atoms with E-state index in [1.165, 1.54) is 27.5 Å². The minimum Gasteiger partial charge on any atom is -0.309 e. The van der Waals surface area contributed by atoms with E-state index in [9.17, 15) is 0 Å². The Bertz CT molecular complexity index is 779. The minimum atomic E-state index is 0.220. The summed E-state index contributed by atoms with van der Waals surface area (Å²) in [4.78, 5) is 0. The lowest BCUT2D eigenvalue weighted by molar-refractivity contribution is 0.692. The van der Waals surface area contributed by atoms with Crippen molar-refractivity contribution in [2.24, 2.45) is 0 Å². The minimum absolute atomic E-state index is 0.220. The van der Waals surface area contributed by atoms with Crippen LogP contribution < -0.4 is 5.32 Å². The molecule has 0 radical (unpaired) electrons. The molecule has 106 valence electrons. The maximum Gasteiger partial charge on any atom is 0.0574 e. The third-order valence-electron chi connectivity index (χ3n) is 3.82. The molecule has 3 rings (SSSR count). The third-order valence-corrected chi connectivity index (χ3v) is 4.32. The molecule has 2 heteroatoms. The molecular weight excluding hydrogens is 322 g/mol. The van der Waals surface area contributed by atoms with Gasteiger partial charge in [-0.05, 0) is 54.1 Å². The van der Waals surface area contributed by atoms with Crippen LogP contribution in [0.1, 0.15) is 22.7 Å². The Morgan fingerprint density at radius 3 is 2.33 bits per heavy atom. The number of hydrogen-bond donors (Lipinski definition) is 1. The van der Waals surface area contributed by atoms with E-state index in [-0.39, 0.29) is 6.04 Å². The molecule has 0 aliphatic rings. The Labute approximate surface area is 134 Å². The predicted octanol–water partition coefficient (Wildman–Crippen LogP) is 5.22. The first-order valence-corrected chi connectivity index (χ1v) is 7.90.